The van der Waals surface area contributed by atoms with Gasteiger partial charge in [0.2, 0.25) is 0 Å². The predicted octanol–water partition coefficient (Wildman–Crippen LogP) is 3.69. The van der Waals surface area contributed by atoms with Gasteiger partial charge >= 0.3 is 0 Å². The standard InChI is InChI=1S/C13H19BrFNO/c1-13(2,3)16-9-10-8-11(14)4-5-12(10)17-7-6-15/h4-5,8,16H,6-7,9H2,1-3H3. The lowest BCUT2D eigenvalue weighted by Crippen LogP contribution is -2.35. The van der Waals surface area contributed by atoms with Crippen molar-refractivity contribution >= 4 is 15.9 Å². The first-order chi connectivity index (χ1) is 7.92. The maximum Gasteiger partial charge on any atom is 0.123 e. The van der Waals surface area contributed by atoms with Crippen LogP contribution in [0.4, 0.5) is 4.39 Å². The molecular weight excluding hydrogens is 285 g/mol. The van der Waals surface area contributed by atoms with Crippen LogP contribution in [-0.4, -0.2) is 18.8 Å². The van der Waals surface area contributed by atoms with E-state index >= 15 is 0 Å². The summed E-state index contributed by atoms with van der Waals surface area (Å²) in [5, 5.41) is 3.39. The van der Waals surface area contributed by atoms with E-state index in [1.165, 1.54) is 0 Å². The summed E-state index contributed by atoms with van der Waals surface area (Å²) >= 11 is 3.43. The third-order valence-corrected chi connectivity index (χ3v) is 2.66. The van der Waals surface area contributed by atoms with Gasteiger partial charge in [-0.1, -0.05) is 15.9 Å². The Bertz CT molecular complexity index is 363. The Morgan fingerprint density at radius 3 is 2.65 bits per heavy atom. The molecule has 0 unspecified atom stereocenters. The van der Waals surface area contributed by atoms with Crippen LogP contribution in [0.15, 0.2) is 22.7 Å². The molecule has 1 N–H and O–H groups in total. The molecule has 0 aliphatic carbocycles. The highest BCUT2D eigenvalue weighted by molar-refractivity contribution is 9.10. The SMILES string of the molecule is CC(C)(C)NCc1cc(Br)ccc1OCCF. The quantitative estimate of drug-likeness (QED) is 0.896. The smallest absolute Gasteiger partial charge is 0.123 e. The third kappa shape index (κ3) is 5.50. The van der Waals surface area contributed by atoms with Gasteiger partial charge in [-0.05, 0) is 39.0 Å². The summed E-state index contributed by atoms with van der Waals surface area (Å²) in [6.45, 7) is 6.64. The first kappa shape index (κ1) is 14.5. The number of benzene rings is 1. The minimum atomic E-state index is -0.470. The molecule has 17 heavy (non-hydrogen) atoms. The van der Waals surface area contributed by atoms with Crippen molar-refractivity contribution in [3.8, 4) is 5.75 Å². The van der Waals surface area contributed by atoms with Gasteiger partial charge in [0.25, 0.3) is 0 Å². The van der Waals surface area contributed by atoms with E-state index in [1.54, 1.807) is 0 Å². The number of hydrogen-bond donors (Lipinski definition) is 1. The van der Waals surface area contributed by atoms with Gasteiger partial charge in [0, 0.05) is 22.1 Å². The average molecular weight is 304 g/mol. The maximum atomic E-state index is 12.1. The van der Waals surface area contributed by atoms with Crippen LogP contribution in [0, 0.1) is 0 Å². The molecule has 1 aromatic rings. The van der Waals surface area contributed by atoms with Crippen LogP contribution in [0.25, 0.3) is 0 Å². The molecular formula is C13H19BrFNO. The van der Waals surface area contributed by atoms with Crippen LogP contribution in [-0.2, 0) is 6.54 Å². The zero-order valence-corrected chi connectivity index (χ0v) is 12.1. The molecule has 0 heterocycles. The van der Waals surface area contributed by atoms with E-state index in [9.17, 15) is 4.39 Å². The molecule has 0 aromatic heterocycles. The van der Waals surface area contributed by atoms with Gasteiger partial charge in [-0.3, -0.25) is 0 Å². The number of ether oxygens (including phenoxy) is 1. The zero-order valence-electron chi connectivity index (χ0n) is 10.5. The Kier molecular flexibility index (Phi) is 5.40. The lowest BCUT2D eigenvalue weighted by Gasteiger charge is -2.21. The maximum absolute atomic E-state index is 12.1. The van der Waals surface area contributed by atoms with Gasteiger partial charge in [0.05, 0.1) is 0 Å². The van der Waals surface area contributed by atoms with Gasteiger partial charge in [-0.25, -0.2) is 4.39 Å². The molecule has 0 aliphatic heterocycles. The summed E-state index contributed by atoms with van der Waals surface area (Å²) in [5.74, 6) is 0.739. The van der Waals surface area contributed by atoms with Crippen LogP contribution >= 0.6 is 15.9 Å². The highest BCUT2D eigenvalue weighted by Crippen LogP contribution is 2.23. The second kappa shape index (κ2) is 6.36. The highest BCUT2D eigenvalue weighted by Gasteiger charge is 2.11. The zero-order chi connectivity index (χ0) is 12.9. The summed E-state index contributed by atoms with van der Waals surface area (Å²) < 4.78 is 18.5. The van der Waals surface area contributed by atoms with Crippen LogP contribution < -0.4 is 10.1 Å². The number of alkyl halides is 1. The van der Waals surface area contributed by atoms with Gasteiger partial charge in [0.1, 0.15) is 19.0 Å². The fourth-order valence-electron chi connectivity index (χ4n) is 1.34. The highest BCUT2D eigenvalue weighted by atomic mass is 79.9. The van der Waals surface area contributed by atoms with Gasteiger partial charge < -0.3 is 10.1 Å². The lowest BCUT2D eigenvalue weighted by atomic mass is 10.1. The van der Waals surface area contributed by atoms with E-state index in [-0.39, 0.29) is 12.1 Å². The van der Waals surface area contributed by atoms with Crippen molar-refractivity contribution in [2.24, 2.45) is 0 Å². The Morgan fingerprint density at radius 2 is 2.06 bits per heavy atom. The van der Waals surface area contributed by atoms with Crippen molar-refractivity contribution in [1.82, 2.24) is 5.32 Å². The summed E-state index contributed by atoms with van der Waals surface area (Å²) in [4.78, 5) is 0. The van der Waals surface area contributed by atoms with E-state index in [0.717, 1.165) is 15.8 Å². The monoisotopic (exact) mass is 303 g/mol. The van der Waals surface area contributed by atoms with Crippen LogP contribution in [0.3, 0.4) is 0 Å². The first-order valence-electron chi connectivity index (χ1n) is 5.64. The number of hydrogen-bond acceptors (Lipinski definition) is 2. The number of nitrogens with one attached hydrogen (secondary N) is 1. The van der Waals surface area contributed by atoms with Crippen LogP contribution in [0.5, 0.6) is 5.75 Å². The fourth-order valence-corrected chi connectivity index (χ4v) is 1.74. The molecule has 96 valence electrons. The van der Waals surface area contributed by atoms with Crippen molar-refractivity contribution in [2.75, 3.05) is 13.3 Å². The summed E-state index contributed by atoms with van der Waals surface area (Å²) in [6.07, 6.45) is 0. The minimum absolute atomic E-state index is 0.0413. The molecule has 0 saturated carbocycles. The molecule has 0 bridgehead atoms. The lowest BCUT2D eigenvalue weighted by molar-refractivity contribution is 0.269. The molecule has 0 spiro atoms. The molecule has 0 fully saturated rings. The molecule has 4 heteroatoms. The molecule has 0 amide bonds. The molecule has 0 radical (unpaired) electrons. The van der Waals surface area contributed by atoms with Gasteiger partial charge in [-0.2, -0.15) is 0 Å². The van der Waals surface area contributed by atoms with Gasteiger partial charge in [-0.15, -0.1) is 0 Å². The summed E-state index contributed by atoms with van der Waals surface area (Å²) in [7, 11) is 0. The Morgan fingerprint density at radius 1 is 1.35 bits per heavy atom. The molecule has 1 aromatic carbocycles. The normalized spacial score (nSPS) is 11.6. The molecule has 2 nitrogen and oxygen atoms in total. The Hall–Kier alpha value is -0.610. The second-order valence-corrected chi connectivity index (χ2v) is 5.81. The average Bonchev–Trinajstić information content (AvgIpc) is 2.24. The topological polar surface area (TPSA) is 21.3 Å². The first-order valence-corrected chi connectivity index (χ1v) is 6.44. The van der Waals surface area contributed by atoms with Crippen molar-refractivity contribution < 1.29 is 9.13 Å². The molecule has 1 rings (SSSR count). The van der Waals surface area contributed by atoms with E-state index in [2.05, 4.69) is 42.0 Å². The Labute approximate surface area is 111 Å². The Balaban J connectivity index is 2.76. The van der Waals surface area contributed by atoms with Gasteiger partial charge in [0.15, 0.2) is 0 Å². The predicted molar refractivity (Wildman–Crippen MR) is 72.2 cm³/mol. The van der Waals surface area contributed by atoms with E-state index < -0.39 is 6.67 Å². The fraction of sp³-hybridized carbons (Fsp3) is 0.538. The van der Waals surface area contributed by atoms with Crippen molar-refractivity contribution in [1.29, 1.82) is 0 Å². The van der Waals surface area contributed by atoms with Crippen LogP contribution in [0.1, 0.15) is 26.3 Å². The summed E-state index contributed by atoms with van der Waals surface area (Å²) in [6, 6.07) is 5.75. The molecule has 0 aliphatic rings. The number of rotatable bonds is 5. The van der Waals surface area contributed by atoms with E-state index in [4.69, 9.17) is 4.74 Å². The van der Waals surface area contributed by atoms with Crippen LogP contribution in [0.2, 0.25) is 0 Å². The second-order valence-electron chi connectivity index (χ2n) is 4.89. The largest absolute Gasteiger partial charge is 0.491 e. The minimum Gasteiger partial charge on any atom is -0.491 e. The van der Waals surface area contributed by atoms with E-state index in [0.29, 0.717) is 6.54 Å². The number of halogens is 2. The summed E-state index contributed by atoms with van der Waals surface area (Å²) in [5.41, 5.74) is 1.07. The van der Waals surface area contributed by atoms with Crippen molar-refractivity contribution in [3.63, 3.8) is 0 Å². The van der Waals surface area contributed by atoms with E-state index in [1.807, 2.05) is 18.2 Å². The third-order valence-electron chi connectivity index (χ3n) is 2.17. The molecule has 0 saturated heterocycles. The van der Waals surface area contributed by atoms with Crippen molar-refractivity contribution in [2.45, 2.75) is 32.9 Å². The van der Waals surface area contributed by atoms with Crippen molar-refractivity contribution in [3.05, 3.63) is 28.2 Å². The molecule has 0 atom stereocenters.